The lowest BCUT2D eigenvalue weighted by molar-refractivity contribution is -0.139. The van der Waals surface area contributed by atoms with E-state index in [9.17, 15) is 9.59 Å². The predicted octanol–water partition coefficient (Wildman–Crippen LogP) is 0.780. The first-order valence-electron chi connectivity index (χ1n) is 3.46. The summed E-state index contributed by atoms with van der Waals surface area (Å²) in [6, 6.07) is 0. The maximum Gasteiger partial charge on any atom is 0.324 e. The van der Waals surface area contributed by atoms with Gasteiger partial charge in [0, 0.05) is 11.2 Å². The van der Waals surface area contributed by atoms with Crippen LogP contribution in [0.1, 0.15) is 13.8 Å². The van der Waals surface area contributed by atoms with Gasteiger partial charge in [-0.15, -0.1) is 11.8 Å². The van der Waals surface area contributed by atoms with Crippen molar-refractivity contribution in [2.45, 2.75) is 24.3 Å². The van der Waals surface area contributed by atoms with E-state index in [0.717, 1.165) is 0 Å². The zero-order chi connectivity index (χ0) is 8.59. The number of carboxylic acid groups (broad SMARTS) is 1. The number of Topliss-reactive ketones (excluding diaryl/α,β-unsaturated/α-hetero) is 1. The third-order valence-corrected chi connectivity index (χ3v) is 3.53. The van der Waals surface area contributed by atoms with Crippen LogP contribution in [0.25, 0.3) is 0 Å². The van der Waals surface area contributed by atoms with Crippen molar-refractivity contribution in [1.82, 2.24) is 0 Å². The predicted molar refractivity (Wildman–Crippen MR) is 42.6 cm³/mol. The Balaban J connectivity index is 2.75. The van der Waals surface area contributed by atoms with Crippen LogP contribution in [0, 0.1) is 5.92 Å². The second-order valence-electron chi connectivity index (χ2n) is 2.75. The second-order valence-corrected chi connectivity index (χ2v) is 4.24. The molecular formula is C7H10O3S. The number of hydrogen-bond acceptors (Lipinski definition) is 3. The lowest BCUT2D eigenvalue weighted by Crippen LogP contribution is -2.25. The number of ketones is 1. The van der Waals surface area contributed by atoms with Crippen LogP contribution < -0.4 is 0 Å². The Morgan fingerprint density at radius 2 is 2.09 bits per heavy atom. The van der Waals surface area contributed by atoms with E-state index in [0.29, 0.717) is 0 Å². The highest BCUT2D eigenvalue weighted by Crippen LogP contribution is 2.34. The number of thioether (sulfide) groups is 1. The van der Waals surface area contributed by atoms with Crippen LogP contribution in [0.4, 0.5) is 0 Å². The van der Waals surface area contributed by atoms with Crippen LogP contribution in [0.15, 0.2) is 0 Å². The Labute approximate surface area is 69.2 Å². The Hall–Kier alpha value is -0.510. The van der Waals surface area contributed by atoms with E-state index in [1.54, 1.807) is 6.92 Å². The fraction of sp³-hybridized carbons (Fsp3) is 0.714. The molecule has 0 aromatic carbocycles. The fourth-order valence-electron chi connectivity index (χ4n) is 1.05. The lowest BCUT2D eigenvalue weighted by Gasteiger charge is -2.02. The van der Waals surface area contributed by atoms with Crippen LogP contribution in [-0.4, -0.2) is 27.4 Å². The molecule has 1 rings (SSSR count). The van der Waals surface area contributed by atoms with Gasteiger partial charge in [0.2, 0.25) is 0 Å². The smallest absolute Gasteiger partial charge is 0.324 e. The highest BCUT2D eigenvalue weighted by atomic mass is 32.2. The van der Waals surface area contributed by atoms with Gasteiger partial charge < -0.3 is 5.11 Å². The first kappa shape index (κ1) is 8.59. The van der Waals surface area contributed by atoms with Gasteiger partial charge in [-0.3, -0.25) is 9.59 Å². The number of carbonyl (C=O) groups is 2. The molecule has 0 aliphatic carbocycles. The molecule has 4 heteroatoms. The Morgan fingerprint density at radius 1 is 1.55 bits per heavy atom. The molecule has 1 fully saturated rings. The van der Waals surface area contributed by atoms with Crippen molar-refractivity contribution in [2.24, 2.45) is 5.92 Å². The minimum absolute atomic E-state index is 0.110. The van der Waals surface area contributed by atoms with E-state index in [4.69, 9.17) is 5.11 Å². The molecule has 0 saturated carbocycles. The van der Waals surface area contributed by atoms with Gasteiger partial charge in [0.15, 0.2) is 11.0 Å². The molecule has 0 radical (unpaired) electrons. The standard InChI is InChI=1S/C7H10O3S/c1-3-4(2)11-6(5(3)8)7(9)10/h3-4,6H,1-2H3,(H,9,10). The monoisotopic (exact) mass is 174 g/mol. The average Bonchev–Trinajstić information content (AvgIpc) is 2.17. The summed E-state index contributed by atoms with van der Waals surface area (Å²) in [6.07, 6.45) is 0. The summed E-state index contributed by atoms with van der Waals surface area (Å²) < 4.78 is 0. The number of rotatable bonds is 1. The molecule has 0 spiro atoms. The van der Waals surface area contributed by atoms with Crippen molar-refractivity contribution in [3.63, 3.8) is 0 Å². The number of aliphatic carboxylic acids is 1. The highest BCUT2D eigenvalue weighted by molar-refractivity contribution is 8.02. The molecule has 3 atom stereocenters. The molecule has 1 N–H and O–H groups in total. The summed E-state index contributed by atoms with van der Waals surface area (Å²) in [5.74, 6) is -1.26. The normalized spacial score (nSPS) is 37.6. The Kier molecular flexibility index (Phi) is 2.23. The molecule has 1 saturated heterocycles. The van der Waals surface area contributed by atoms with E-state index < -0.39 is 11.2 Å². The average molecular weight is 174 g/mol. The van der Waals surface area contributed by atoms with E-state index in [2.05, 4.69) is 0 Å². The fourth-order valence-corrected chi connectivity index (χ4v) is 2.31. The summed E-state index contributed by atoms with van der Waals surface area (Å²) in [5, 5.41) is 7.90. The van der Waals surface area contributed by atoms with E-state index >= 15 is 0 Å². The lowest BCUT2D eigenvalue weighted by atomic mass is 10.0. The van der Waals surface area contributed by atoms with Crippen LogP contribution in [0.2, 0.25) is 0 Å². The molecule has 1 aliphatic heterocycles. The Morgan fingerprint density at radius 3 is 2.27 bits per heavy atom. The van der Waals surface area contributed by atoms with Crippen molar-refractivity contribution in [2.75, 3.05) is 0 Å². The molecule has 0 aromatic rings. The van der Waals surface area contributed by atoms with Crippen molar-refractivity contribution >= 4 is 23.5 Å². The summed E-state index contributed by atoms with van der Waals surface area (Å²) in [4.78, 5) is 21.6. The van der Waals surface area contributed by atoms with Gasteiger partial charge in [0.25, 0.3) is 0 Å². The molecule has 3 unspecified atom stereocenters. The zero-order valence-electron chi connectivity index (χ0n) is 6.40. The van der Waals surface area contributed by atoms with E-state index in [1.165, 1.54) is 11.8 Å². The first-order chi connectivity index (χ1) is 5.04. The number of carboxylic acids is 1. The van der Waals surface area contributed by atoms with Gasteiger partial charge >= 0.3 is 5.97 Å². The summed E-state index contributed by atoms with van der Waals surface area (Å²) in [5.41, 5.74) is 0. The van der Waals surface area contributed by atoms with E-state index in [-0.39, 0.29) is 17.0 Å². The zero-order valence-corrected chi connectivity index (χ0v) is 7.22. The van der Waals surface area contributed by atoms with Gasteiger partial charge in [-0.1, -0.05) is 13.8 Å². The maximum absolute atomic E-state index is 11.2. The third-order valence-electron chi connectivity index (χ3n) is 1.99. The quantitative estimate of drug-likeness (QED) is 0.597. The van der Waals surface area contributed by atoms with Gasteiger partial charge in [0.05, 0.1) is 0 Å². The number of hydrogen-bond donors (Lipinski definition) is 1. The van der Waals surface area contributed by atoms with Crippen molar-refractivity contribution in [3.05, 3.63) is 0 Å². The van der Waals surface area contributed by atoms with Crippen LogP contribution in [-0.2, 0) is 9.59 Å². The maximum atomic E-state index is 11.2. The minimum atomic E-state index is -1.00. The summed E-state index contributed by atoms with van der Waals surface area (Å²) in [7, 11) is 0. The molecular weight excluding hydrogens is 164 g/mol. The number of carbonyl (C=O) groups excluding carboxylic acids is 1. The Bertz CT molecular complexity index is 202. The first-order valence-corrected chi connectivity index (χ1v) is 4.40. The second kappa shape index (κ2) is 2.85. The van der Waals surface area contributed by atoms with Crippen LogP contribution in [0.3, 0.4) is 0 Å². The SMILES string of the molecule is CC1SC(C(=O)O)C(=O)C1C. The van der Waals surface area contributed by atoms with Gasteiger partial charge in [-0.25, -0.2) is 0 Å². The van der Waals surface area contributed by atoms with Crippen molar-refractivity contribution < 1.29 is 14.7 Å². The van der Waals surface area contributed by atoms with Gasteiger partial charge in [-0.2, -0.15) is 0 Å². The van der Waals surface area contributed by atoms with E-state index in [1.807, 2.05) is 6.92 Å². The molecule has 1 aliphatic rings. The summed E-state index contributed by atoms with van der Waals surface area (Å²) in [6.45, 7) is 3.67. The minimum Gasteiger partial charge on any atom is -0.480 e. The summed E-state index contributed by atoms with van der Waals surface area (Å²) >= 11 is 1.24. The topological polar surface area (TPSA) is 54.4 Å². The highest BCUT2D eigenvalue weighted by Gasteiger charge is 2.41. The molecule has 62 valence electrons. The largest absolute Gasteiger partial charge is 0.480 e. The molecule has 0 aromatic heterocycles. The van der Waals surface area contributed by atoms with Gasteiger partial charge in [0.1, 0.15) is 0 Å². The third kappa shape index (κ3) is 1.40. The van der Waals surface area contributed by atoms with Crippen molar-refractivity contribution in [1.29, 1.82) is 0 Å². The van der Waals surface area contributed by atoms with Gasteiger partial charge in [-0.05, 0) is 0 Å². The molecule has 11 heavy (non-hydrogen) atoms. The molecule has 0 bridgehead atoms. The van der Waals surface area contributed by atoms with Crippen LogP contribution in [0.5, 0.6) is 0 Å². The van der Waals surface area contributed by atoms with Crippen LogP contribution >= 0.6 is 11.8 Å². The molecule has 0 amide bonds. The van der Waals surface area contributed by atoms with Crippen molar-refractivity contribution in [3.8, 4) is 0 Å². The molecule has 1 heterocycles. The molecule has 3 nitrogen and oxygen atoms in total.